The number of hydrogen-bond donors (Lipinski definition) is 1. The summed E-state index contributed by atoms with van der Waals surface area (Å²) in [7, 11) is 1.49. The monoisotopic (exact) mass is 507 g/mol. The zero-order chi connectivity index (χ0) is 27.4. The average molecular weight is 508 g/mol. The molecule has 0 heterocycles. The van der Waals surface area contributed by atoms with Crippen molar-refractivity contribution < 1.29 is 19.4 Å². The van der Waals surface area contributed by atoms with Crippen molar-refractivity contribution in [2.45, 2.75) is 99.8 Å². The molecule has 5 aliphatic carbocycles. The molecule has 5 aliphatic rings. The molecule has 7 atom stereocenters. The predicted octanol–water partition coefficient (Wildman–Crippen LogP) is 7.09. The highest BCUT2D eigenvalue weighted by Gasteiger charge is 2.71. The molecule has 0 bridgehead atoms. The fourth-order valence-electron chi connectivity index (χ4n) is 10.5. The Hall–Kier alpha value is -2.09. The Morgan fingerprint density at radius 3 is 2.32 bits per heavy atom. The Bertz CT molecular complexity index is 1170. The summed E-state index contributed by atoms with van der Waals surface area (Å²) in [5.74, 6) is 0.143. The van der Waals surface area contributed by atoms with Crippen LogP contribution in [-0.4, -0.2) is 24.0 Å². The molecular weight excluding hydrogens is 462 g/mol. The van der Waals surface area contributed by atoms with Gasteiger partial charge in [0.05, 0.1) is 24.2 Å². The van der Waals surface area contributed by atoms with E-state index in [1.807, 2.05) is 6.08 Å². The van der Waals surface area contributed by atoms with Crippen molar-refractivity contribution in [1.82, 2.24) is 0 Å². The predicted molar refractivity (Wildman–Crippen MR) is 142 cm³/mol. The summed E-state index contributed by atoms with van der Waals surface area (Å²) >= 11 is 0. The van der Waals surface area contributed by atoms with Gasteiger partial charge in [0, 0.05) is 11.3 Å². The van der Waals surface area contributed by atoms with Crippen LogP contribution in [0.2, 0.25) is 0 Å². The van der Waals surface area contributed by atoms with Crippen molar-refractivity contribution in [2.24, 2.45) is 50.2 Å². The second-order valence-corrected chi connectivity index (χ2v) is 15.2. The fraction of sp³-hybridized carbons (Fsp3) is 0.781. The summed E-state index contributed by atoms with van der Waals surface area (Å²) in [6, 6.07) is 2.29. The summed E-state index contributed by atoms with van der Waals surface area (Å²) in [4.78, 5) is 27.8. The van der Waals surface area contributed by atoms with E-state index < -0.39 is 10.8 Å². The lowest BCUT2D eigenvalue weighted by Crippen LogP contribution is -2.65. The molecule has 1 N–H and O–H groups in total. The van der Waals surface area contributed by atoms with Crippen LogP contribution in [0.4, 0.5) is 0 Å². The largest absolute Gasteiger partial charge is 0.511 e. The van der Waals surface area contributed by atoms with E-state index >= 15 is 0 Å². The van der Waals surface area contributed by atoms with Crippen LogP contribution in [0.3, 0.4) is 0 Å². The van der Waals surface area contributed by atoms with Crippen molar-refractivity contribution in [2.75, 3.05) is 7.11 Å². The van der Waals surface area contributed by atoms with Crippen molar-refractivity contribution >= 4 is 11.8 Å². The number of allylic oxidation sites excluding steroid dienone is 4. The van der Waals surface area contributed by atoms with Gasteiger partial charge in [-0.1, -0.05) is 54.0 Å². The van der Waals surface area contributed by atoms with Gasteiger partial charge >= 0.3 is 5.97 Å². The first-order chi connectivity index (χ1) is 17.0. The lowest BCUT2D eigenvalue weighted by Gasteiger charge is -2.69. The number of rotatable bonds is 1. The van der Waals surface area contributed by atoms with Gasteiger partial charge < -0.3 is 9.84 Å². The molecular formula is C32H45NO4. The number of fused-ring (bicyclic) bond motifs is 7. The van der Waals surface area contributed by atoms with Crippen molar-refractivity contribution in [1.29, 1.82) is 5.26 Å². The molecule has 0 saturated heterocycles. The van der Waals surface area contributed by atoms with E-state index in [-0.39, 0.29) is 56.9 Å². The lowest BCUT2D eigenvalue weighted by molar-refractivity contribution is -0.192. The van der Waals surface area contributed by atoms with E-state index in [1.54, 1.807) is 0 Å². The molecule has 3 fully saturated rings. The molecule has 5 rings (SSSR count). The molecule has 0 aliphatic heterocycles. The molecule has 0 amide bonds. The number of nitriles is 1. The minimum atomic E-state index is -0.581. The van der Waals surface area contributed by atoms with Crippen LogP contribution in [0.1, 0.15) is 99.8 Å². The third-order valence-corrected chi connectivity index (χ3v) is 12.7. The number of hydrogen-bond acceptors (Lipinski definition) is 5. The van der Waals surface area contributed by atoms with Gasteiger partial charge in [0.25, 0.3) is 0 Å². The number of carbonyl (C=O) groups excluding carboxylic acids is 2. The van der Waals surface area contributed by atoms with E-state index in [9.17, 15) is 20.0 Å². The molecule has 37 heavy (non-hydrogen) atoms. The normalized spacial score (nSPS) is 45.9. The summed E-state index contributed by atoms with van der Waals surface area (Å²) in [6.45, 7) is 15.6. The van der Waals surface area contributed by atoms with Gasteiger partial charge in [-0.3, -0.25) is 9.59 Å². The van der Waals surface area contributed by atoms with Crippen LogP contribution in [0.25, 0.3) is 0 Å². The first-order valence-corrected chi connectivity index (χ1v) is 14.2. The smallest absolute Gasteiger partial charge is 0.312 e. The quantitative estimate of drug-likeness (QED) is 0.383. The highest BCUT2D eigenvalue weighted by molar-refractivity contribution is 5.96. The molecule has 5 nitrogen and oxygen atoms in total. The Kier molecular flexibility index (Phi) is 5.54. The Labute approximate surface area is 222 Å². The van der Waals surface area contributed by atoms with E-state index in [4.69, 9.17) is 4.74 Å². The number of aliphatic hydroxyl groups excluding tert-OH is 1. The number of ether oxygens (including phenoxy) is 1. The van der Waals surface area contributed by atoms with Crippen LogP contribution < -0.4 is 0 Å². The fourth-order valence-corrected chi connectivity index (χ4v) is 10.5. The number of ketones is 1. The number of nitrogens with zero attached hydrogens (tertiary/aromatic N) is 1. The van der Waals surface area contributed by atoms with Crippen LogP contribution in [0, 0.1) is 61.6 Å². The Morgan fingerprint density at radius 1 is 1.05 bits per heavy atom. The number of methoxy groups -OCH3 is 1. The highest BCUT2D eigenvalue weighted by atomic mass is 16.5. The third-order valence-electron chi connectivity index (χ3n) is 12.7. The van der Waals surface area contributed by atoms with Gasteiger partial charge in [-0.15, -0.1) is 0 Å². The van der Waals surface area contributed by atoms with Crippen molar-refractivity contribution in [3.63, 3.8) is 0 Å². The first kappa shape index (κ1) is 26.5. The number of carbonyl (C=O) groups is 2. The lowest BCUT2D eigenvalue weighted by atomic mass is 9.34. The molecule has 0 spiro atoms. The van der Waals surface area contributed by atoms with E-state index in [2.05, 4.69) is 54.5 Å². The van der Waals surface area contributed by atoms with E-state index in [0.29, 0.717) is 12.0 Å². The molecule has 5 heteroatoms. The maximum absolute atomic E-state index is 14.4. The van der Waals surface area contributed by atoms with E-state index in [0.717, 1.165) is 44.9 Å². The average Bonchev–Trinajstić information content (AvgIpc) is 2.82. The summed E-state index contributed by atoms with van der Waals surface area (Å²) < 4.78 is 5.42. The molecule has 3 saturated carbocycles. The van der Waals surface area contributed by atoms with Crippen molar-refractivity contribution in [3.05, 3.63) is 23.0 Å². The molecule has 0 aromatic rings. The van der Waals surface area contributed by atoms with Crippen LogP contribution >= 0.6 is 0 Å². The van der Waals surface area contributed by atoms with Gasteiger partial charge in [0.1, 0.15) is 5.76 Å². The third kappa shape index (κ3) is 3.14. The topological polar surface area (TPSA) is 87.4 Å². The van der Waals surface area contributed by atoms with Gasteiger partial charge in [-0.05, 0) is 90.9 Å². The standard InChI is InChI=1S/C32H45NO4/c1-27(2)11-13-32(26(36)37-8)14-12-31(7)24(20(32)17-27)21(34)15-23-29(5)16-19(18-33)25(35)28(3,4)22(29)9-10-30(23,31)6/h15,20,22,24,35H,9-14,16-17H2,1-8H3/t20?,22?,24-,29?,30?,31+,32-/m0/s1. The Balaban J connectivity index is 1.68. The van der Waals surface area contributed by atoms with Gasteiger partial charge in [-0.2, -0.15) is 5.26 Å². The van der Waals surface area contributed by atoms with Crippen molar-refractivity contribution in [3.8, 4) is 6.07 Å². The second kappa shape index (κ2) is 7.73. The number of aliphatic hydroxyl groups is 1. The Morgan fingerprint density at radius 2 is 1.70 bits per heavy atom. The SMILES string of the molecule is COC(=O)[C@]12CCC(C)(C)CC1[C@H]1C(=O)C=C3C4(C)CC(C#N)=C(O)C(C)(C)C4CCC3(C)[C@]1(C)CC2. The molecule has 202 valence electrons. The summed E-state index contributed by atoms with van der Waals surface area (Å²) in [5.41, 5.74) is -0.275. The summed E-state index contributed by atoms with van der Waals surface area (Å²) in [5, 5.41) is 20.9. The molecule has 0 radical (unpaired) electrons. The zero-order valence-corrected chi connectivity index (χ0v) is 24.1. The van der Waals surface area contributed by atoms with Crippen LogP contribution in [-0.2, 0) is 14.3 Å². The molecule has 0 aromatic carbocycles. The minimum Gasteiger partial charge on any atom is -0.511 e. The second-order valence-electron chi connectivity index (χ2n) is 15.2. The molecule has 0 aromatic heterocycles. The maximum atomic E-state index is 14.4. The van der Waals surface area contributed by atoms with Gasteiger partial charge in [0.15, 0.2) is 5.78 Å². The molecule has 4 unspecified atom stereocenters. The highest BCUT2D eigenvalue weighted by Crippen LogP contribution is 2.75. The number of esters is 1. The van der Waals surface area contributed by atoms with Gasteiger partial charge in [-0.25, -0.2) is 0 Å². The zero-order valence-electron chi connectivity index (χ0n) is 24.1. The van der Waals surface area contributed by atoms with Gasteiger partial charge in [0.2, 0.25) is 0 Å². The minimum absolute atomic E-state index is 0.0310. The van der Waals surface area contributed by atoms with E-state index in [1.165, 1.54) is 12.7 Å². The first-order valence-electron chi connectivity index (χ1n) is 14.2. The summed E-state index contributed by atoms with van der Waals surface area (Å²) in [6.07, 6.45) is 8.50. The van der Waals surface area contributed by atoms with Crippen LogP contribution in [0.5, 0.6) is 0 Å². The van der Waals surface area contributed by atoms with Crippen LogP contribution in [0.15, 0.2) is 23.0 Å². The maximum Gasteiger partial charge on any atom is 0.312 e.